The molecule has 0 bridgehead atoms. The van der Waals surface area contributed by atoms with Gasteiger partial charge in [0.25, 0.3) is 0 Å². The van der Waals surface area contributed by atoms with Gasteiger partial charge in [-0.15, -0.1) is 11.8 Å². The summed E-state index contributed by atoms with van der Waals surface area (Å²) >= 11 is 1.85. The van der Waals surface area contributed by atoms with Crippen LogP contribution in [-0.2, 0) is 4.74 Å². The Morgan fingerprint density at radius 3 is 2.95 bits per heavy atom. The van der Waals surface area contributed by atoms with Crippen LogP contribution in [0.15, 0.2) is 23.2 Å². The number of aromatic nitrogens is 1. The number of nitrogens with one attached hydrogen (secondary N) is 1. The summed E-state index contributed by atoms with van der Waals surface area (Å²) < 4.78 is 5.63. The molecule has 1 aliphatic rings. The van der Waals surface area contributed by atoms with Crippen molar-refractivity contribution in [3.8, 4) is 0 Å². The van der Waals surface area contributed by atoms with Crippen LogP contribution in [0.4, 0.5) is 0 Å². The quantitative estimate of drug-likeness (QED) is 0.776. The average Bonchev–Trinajstić information content (AvgIpc) is 2.96. The highest BCUT2D eigenvalue weighted by molar-refractivity contribution is 7.99. The van der Waals surface area contributed by atoms with Gasteiger partial charge in [-0.3, -0.25) is 4.98 Å². The van der Waals surface area contributed by atoms with Gasteiger partial charge in [0, 0.05) is 29.5 Å². The largest absolute Gasteiger partial charge is 0.377 e. The SMILES string of the molecule is CCNC(CC)c1ccc(SCC2CCCO2)cn1. The maximum absolute atomic E-state index is 5.63. The highest BCUT2D eigenvalue weighted by Gasteiger charge is 2.15. The molecule has 2 rings (SSSR count). The molecule has 0 saturated carbocycles. The molecule has 0 radical (unpaired) electrons. The summed E-state index contributed by atoms with van der Waals surface area (Å²) in [5, 5.41) is 3.46. The maximum atomic E-state index is 5.63. The summed E-state index contributed by atoms with van der Waals surface area (Å²) in [4.78, 5) is 5.83. The molecule has 1 fully saturated rings. The van der Waals surface area contributed by atoms with E-state index < -0.39 is 0 Å². The van der Waals surface area contributed by atoms with Gasteiger partial charge >= 0.3 is 0 Å². The first-order chi connectivity index (χ1) is 9.33. The molecule has 1 aliphatic heterocycles. The van der Waals surface area contributed by atoms with Gasteiger partial charge in [-0.2, -0.15) is 0 Å². The van der Waals surface area contributed by atoms with Gasteiger partial charge in [-0.05, 0) is 37.9 Å². The van der Waals surface area contributed by atoms with Gasteiger partial charge in [0.15, 0.2) is 0 Å². The van der Waals surface area contributed by atoms with E-state index >= 15 is 0 Å². The second-order valence-electron chi connectivity index (χ2n) is 4.88. The van der Waals surface area contributed by atoms with Crippen molar-refractivity contribution < 1.29 is 4.74 Å². The number of hydrogen-bond donors (Lipinski definition) is 1. The summed E-state index contributed by atoms with van der Waals surface area (Å²) in [6, 6.07) is 4.71. The smallest absolute Gasteiger partial charge is 0.0669 e. The Bertz CT molecular complexity index is 363. The van der Waals surface area contributed by atoms with Gasteiger partial charge in [0.1, 0.15) is 0 Å². The first-order valence-electron chi connectivity index (χ1n) is 7.27. The lowest BCUT2D eigenvalue weighted by Gasteiger charge is -2.15. The summed E-state index contributed by atoms with van der Waals surface area (Å²) in [7, 11) is 0. The molecule has 1 saturated heterocycles. The second-order valence-corrected chi connectivity index (χ2v) is 5.98. The van der Waals surface area contributed by atoms with Gasteiger partial charge in [0.05, 0.1) is 11.8 Å². The number of rotatable bonds is 7. The molecule has 2 heterocycles. The third-order valence-corrected chi connectivity index (χ3v) is 4.55. The van der Waals surface area contributed by atoms with Crippen LogP contribution in [0.1, 0.15) is 44.8 Å². The lowest BCUT2D eigenvalue weighted by Crippen LogP contribution is -2.20. The zero-order valence-electron chi connectivity index (χ0n) is 11.9. The van der Waals surface area contributed by atoms with Gasteiger partial charge < -0.3 is 10.1 Å². The minimum Gasteiger partial charge on any atom is -0.377 e. The lowest BCUT2D eigenvalue weighted by molar-refractivity contribution is 0.129. The first-order valence-corrected chi connectivity index (χ1v) is 8.25. The Labute approximate surface area is 120 Å². The van der Waals surface area contributed by atoms with Crippen molar-refractivity contribution in [1.29, 1.82) is 0 Å². The van der Waals surface area contributed by atoms with E-state index in [-0.39, 0.29) is 0 Å². The van der Waals surface area contributed by atoms with Crippen molar-refractivity contribution >= 4 is 11.8 Å². The number of ether oxygens (including phenoxy) is 1. The molecule has 1 aromatic heterocycles. The predicted octanol–water partition coefficient (Wildman–Crippen LogP) is 3.41. The van der Waals surface area contributed by atoms with Crippen LogP contribution < -0.4 is 5.32 Å². The maximum Gasteiger partial charge on any atom is 0.0669 e. The minimum absolute atomic E-state index is 0.377. The molecule has 0 spiro atoms. The summed E-state index contributed by atoms with van der Waals surface area (Å²) in [6.07, 6.45) is 5.92. The fourth-order valence-corrected chi connectivity index (χ4v) is 3.29. The predicted molar refractivity (Wildman–Crippen MR) is 80.6 cm³/mol. The van der Waals surface area contributed by atoms with Crippen molar-refractivity contribution in [2.24, 2.45) is 0 Å². The summed E-state index contributed by atoms with van der Waals surface area (Å²) in [5.41, 5.74) is 1.14. The standard InChI is InChI=1S/C15H24N2OS/c1-3-14(16-4-2)15-8-7-13(10-17-15)19-11-12-6-5-9-18-12/h7-8,10,12,14,16H,3-6,9,11H2,1-2H3. The molecule has 0 aromatic carbocycles. The molecule has 4 heteroatoms. The van der Waals surface area contributed by atoms with E-state index in [2.05, 4.69) is 36.3 Å². The third-order valence-electron chi connectivity index (χ3n) is 3.43. The third kappa shape index (κ3) is 4.48. The molecule has 1 N–H and O–H groups in total. The highest BCUT2D eigenvalue weighted by atomic mass is 32.2. The van der Waals surface area contributed by atoms with E-state index in [1.54, 1.807) is 0 Å². The highest BCUT2D eigenvalue weighted by Crippen LogP contribution is 2.24. The topological polar surface area (TPSA) is 34.1 Å². The van der Waals surface area contributed by atoms with Crippen LogP contribution in [0.2, 0.25) is 0 Å². The Balaban J connectivity index is 1.86. The van der Waals surface area contributed by atoms with E-state index in [0.29, 0.717) is 12.1 Å². The van der Waals surface area contributed by atoms with Crippen LogP contribution in [0.3, 0.4) is 0 Å². The van der Waals surface area contributed by atoms with E-state index in [1.165, 1.54) is 17.7 Å². The Kier molecular flexibility index (Phi) is 6.14. The van der Waals surface area contributed by atoms with Crippen LogP contribution in [0, 0.1) is 0 Å². The van der Waals surface area contributed by atoms with E-state index in [9.17, 15) is 0 Å². The van der Waals surface area contributed by atoms with Gasteiger partial charge in [0.2, 0.25) is 0 Å². The van der Waals surface area contributed by atoms with Crippen molar-refractivity contribution in [1.82, 2.24) is 10.3 Å². The zero-order valence-corrected chi connectivity index (χ0v) is 12.7. The van der Waals surface area contributed by atoms with E-state index in [4.69, 9.17) is 4.74 Å². The van der Waals surface area contributed by atoms with E-state index in [1.807, 2.05) is 18.0 Å². The molecular weight excluding hydrogens is 256 g/mol. The van der Waals surface area contributed by atoms with Crippen LogP contribution in [0.5, 0.6) is 0 Å². The molecule has 1 aromatic rings. The zero-order chi connectivity index (χ0) is 13.5. The molecule has 106 valence electrons. The van der Waals surface area contributed by atoms with Gasteiger partial charge in [-0.25, -0.2) is 0 Å². The number of nitrogens with zero attached hydrogens (tertiary/aromatic N) is 1. The minimum atomic E-state index is 0.377. The molecule has 19 heavy (non-hydrogen) atoms. The molecule has 0 aliphatic carbocycles. The molecule has 2 unspecified atom stereocenters. The summed E-state index contributed by atoms with van der Waals surface area (Å²) in [5.74, 6) is 1.05. The molecular formula is C15H24N2OS. The monoisotopic (exact) mass is 280 g/mol. The van der Waals surface area contributed by atoms with Crippen molar-refractivity contribution in [3.63, 3.8) is 0 Å². The Morgan fingerprint density at radius 2 is 2.37 bits per heavy atom. The van der Waals surface area contributed by atoms with Crippen molar-refractivity contribution in [3.05, 3.63) is 24.0 Å². The number of pyridine rings is 1. The first kappa shape index (κ1) is 14.8. The van der Waals surface area contributed by atoms with Crippen molar-refractivity contribution in [2.45, 2.75) is 50.2 Å². The van der Waals surface area contributed by atoms with Crippen LogP contribution in [-0.4, -0.2) is 30.0 Å². The number of thioether (sulfide) groups is 1. The van der Waals surface area contributed by atoms with Crippen molar-refractivity contribution in [2.75, 3.05) is 18.9 Å². The fourth-order valence-electron chi connectivity index (χ4n) is 2.35. The molecule has 3 nitrogen and oxygen atoms in total. The van der Waals surface area contributed by atoms with E-state index in [0.717, 1.165) is 31.0 Å². The second kappa shape index (κ2) is 7.88. The fraction of sp³-hybridized carbons (Fsp3) is 0.667. The van der Waals surface area contributed by atoms with Crippen LogP contribution >= 0.6 is 11.8 Å². The Morgan fingerprint density at radius 1 is 1.47 bits per heavy atom. The summed E-state index contributed by atoms with van der Waals surface area (Å²) in [6.45, 7) is 6.24. The normalized spacial score (nSPS) is 20.6. The van der Waals surface area contributed by atoms with Crippen LogP contribution in [0.25, 0.3) is 0 Å². The number of hydrogen-bond acceptors (Lipinski definition) is 4. The Hall–Kier alpha value is -0.580. The lowest BCUT2D eigenvalue weighted by atomic mass is 10.1. The molecule has 0 amide bonds. The van der Waals surface area contributed by atoms with Gasteiger partial charge in [-0.1, -0.05) is 13.8 Å². The average molecular weight is 280 g/mol. The molecule has 2 atom stereocenters.